The molecule has 0 aromatic heterocycles. The third-order valence-electron chi connectivity index (χ3n) is 6.37. The molecular formula is C18H35N3. The van der Waals surface area contributed by atoms with Gasteiger partial charge in [-0.1, -0.05) is 19.3 Å². The highest BCUT2D eigenvalue weighted by Crippen LogP contribution is 2.32. The van der Waals surface area contributed by atoms with E-state index >= 15 is 0 Å². The predicted octanol–water partition coefficient (Wildman–Crippen LogP) is 2.71. The molecule has 3 aliphatic rings. The van der Waals surface area contributed by atoms with Gasteiger partial charge in [-0.2, -0.15) is 0 Å². The number of piperazine rings is 1. The van der Waals surface area contributed by atoms with Gasteiger partial charge in [-0.3, -0.25) is 4.90 Å². The lowest BCUT2D eigenvalue weighted by molar-refractivity contribution is 0.0556. The van der Waals surface area contributed by atoms with Crippen LogP contribution >= 0.6 is 0 Å². The van der Waals surface area contributed by atoms with Gasteiger partial charge in [0.05, 0.1) is 0 Å². The van der Waals surface area contributed by atoms with E-state index in [1.807, 2.05) is 0 Å². The minimum Gasteiger partial charge on any atom is -0.308 e. The van der Waals surface area contributed by atoms with E-state index in [9.17, 15) is 0 Å². The third kappa shape index (κ3) is 4.00. The maximum absolute atomic E-state index is 3.91. The Morgan fingerprint density at radius 3 is 2.52 bits per heavy atom. The Morgan fingerprint density at radius 1 is 1.10 bits per heavy atom. The van der Waals surface area contributed by atoms with E-state index in [1.54, 1.807) is 0 Å². The van der Waals surface area contributed by atoms with E-state index in [4.69, 9.17) is 0 Å². The fraction of sp³-hybridized carbons (Fsp3) is 1.00. The molecule has 0 radical (unpaired) electrons. The molecule has 122 valence electrons. The van der Waals surface area contributed by atoms with E-state index < -0.39 is 0 Å². The first-order chi connectivity index (χ1) is 10.2. The summed E-state index contributed by atoms with van der Waals surface area (Å²) < 4.78 is 0. The molecule has 0 amide bonds. The van der Waals surface area contributed by atoms with Crippen molar-refractivity contribution in [1.82, 2.24) is 15.1 Å². The summed E-state index contributed by atoms with van der Waals surface area (Å²) in [5.74, 6) is 0.977. The minimum atomic E-state index is 0.470. The molecule has 0 bridgehead atoms. The van der Waals surface area contributed by atoms with Crippen LogP contribution in [0.15, 0.2) is 0 Å². The predicted molar refractivity (Wildman–Crippen MR) is 89.7 cm³/mol. The first kappa shape index (κ1) is 15.8. The second kappa shape index (κ2) is 6.97. The van der Waals surface area contributed by atoms with Gasteiger partial charge in [0, 0.05) is 24.7 Å². The third-order valence-corrected chi connectivity index (χ3v) is 6.37. The van der Waals surface area contributed by atoms with E-state index in [1.165, 1.54) is 84.1 Å². The first-order valence-electron chi connectivity index (χ1n) is 9.34. The highest BCUT2D eigenvalue weighted by molar-refractivity contribution is 4.98. The summed E-state index contributed by atoms with van der Waals surface area (Å²) in [6.07, 6.45) is 11.4. The largest absolute Gasteiger partial charge is 0.308 e. The molecule has 3 rings (SSSR count). The molecule has 2 aliphatic heterocycles. The molecule has 1 spiro atoms. The number of piperidine rings is 1. The van der Waals surface area contributed by atoms with Crippen LogP contribution in [0.2, 0.25) is 0 Å². The Hall–Kier alpha value is -0.120. The quantitative estimate of drug-likeness (QED) is 0.863. The van der Waals surface area contributed by atoms with Gasteiger partial charge in [0.25, 0.3) is 0 Å². The lowest BCUT2D eigenvalue weighted by Crippen LogP contribution is -2.64. The number of likely N-dealkylation sites (tertiary alicyclic amines) is 1. The lowest BCUT2D eigenvalue weighted by atomic mass is 9.79. The highest BCUT2D eigenvalue weighted by atomic mass is 15.2. The molecule has 2 saturated heterocycles. The van der Waals surface area contributed by atoms with Gasteiger partial charge < -0.3 is 10.2 Å². The van der Waals surface area contributed by atoms with Gasteiger partial charge in [0.15, 0.2) is 0 Å². The highest BCUT2D eigenvalue weighted by Gasteiger charge is 2.38. The van der Waals surface area contributed by atoms with E-state index in [0.29, 0.717) is 5.54 Å². The minimum absolute atomic E-state index is 0.470. The average Bonchev–Trinajstić information content (AvgIpc) is 2.51. The molecule has 3 nitrogen and oxygen atoms in total. The summed E-state index contributed by atoms with van der Waals surface area (Å²) in [5, 5.41) is 3.91. The number of hydrogen-bond acceptors (Lipinski definition) is 3. The molecule has 1 saturated carbocycles. The molecule has 1 atom stereocenters. The van der Waals surface area contributed by atoms with Gasteiger partial charge in [0.1, 0.15) is 0 Å². The van der Waals surface area contributed by atoms with Crippen LogP contribution in [0.1, 0.15) is 58.3 Å². The smallest absolute Gasteiger partial charge is 0.0309 e. The standard InChI is InChI=1S/C18H35N3/c1-16-14-19-18(9-4-3-5-10-18)15-21(16)13-8-17-6-11-20(2)12-7-17/h16-17,19H,3-15H2,1-2H3. The number of nitrogens with zero attached hydrogens (tertiary/aromatic N) is 2. The van der Waals surface area contributed by atoms with Crippen molar-refractivity contribution in [2.45, 2.75) is 69.9 Å². The van der Waals surface area contributed by atoms with Gasteiger partial charge in [-0.15, -0.1) is 0 Å². The molecule has 1 aliphatic carbocycles. The molecule has 3 fully saturated rings. The Morgan fingerprint density at radius 2 is 1.81 bits per heavy atom. The monoisotopic (exact) mass is 293 g/mol. The Kier molecular flexibility index (Phi) is 5.23. The zero-order chi connectivity index (χ0) is 14.7. The SMILES string of the molecule is CC1CNC2(CCCCC2)CN1CCC1CCN(C)CC1. The van der Waals surface area contributed by atoms with Crippen molar-refractivity contribution in [3.63, 3.8) is 0 Å². The second-order valence-electron chi connectivity index (χ2n) is 8.08. The first-order valence-corrected chi connectivity index (χ1v) is 9.34. The van der Waals surface area contributed by atoms with Gasteiger partial charge >= 0.3 is 0 Å². The number of hydrogen-bond donors (Lipinski definition) is 1. The summed E-state index contributed by atoms with van der Waals surface area (Å²) in [6.45, 7) is 8.88. The average molecular weight is 293 g/mol. The van der Waals surface area contributed by atoms with Crippen LogP contribution in [0, 0.1) is 5.92 Å². The summed E-state index contributed by atoms with van der Waals surface area (Å²) in [7, 11) is 2.27. The lowest BCUT2D eigenvalue weighted by Gasteiger charge is -2.49. The van der Waals surface area contributed by atoms with Crippen molar-refractivity contribution in [2.24, 2.45) is 5.92 Å². The van der Waals surface area contributed by atoms with Gasteiger partial charge in [0.2, 0.25) is 0 Å². The fourth-order valence-electron chi connectivity index (χ4n) is 4.66. The fourth-order valence-corrected chi connectivity index (χ4v) is 4.66. The summed E-state index contributed by atoms with van der Waals surface area (Å²) in [4.78, 5) is 5.29. The van der Waals surface area contributed by atoms with Crippen molar-refractivity contribution in [2.75, 3.05) is 39.8 Å². The normalized spacial score (nSPS) is 32.6. The van der Waals surface area contributed by atoms with Gasteiger partial charge in [-0.25, -0.2) is 0 Å². The van der Waals surface area contributed by atoms with E-state index in [2.05, 4.69) is 29.1 Å². The number of rotatable bonds is 3. The zero-order valence-electron chi connectivity index (χ0n) is 14.2. The number of nitrogens with one attached hydrogen (secondary N) is 1. The van der Waals surface area contributed by atoms with Gasteiger partial charge in [-0.05, 0) is 71.6 Å². The summed E-state index contributed by atoms with van der Waals surface area (Å²) >= 11 is 0. The zero-order valence-corrected chi connectivity index (χ0v) is 14.2. The molecule has 1 N–H and O–H groups in total. The van der Waals surface area contributed by atoms with E-state index in [0.717, 1.165) is 12.0 Å². The van der Waals surface area contributed by atoms with Crippen molar-refractivity contribution in [3.05, 3.63) is 0 Å². The van der Waals surface area contributed by atoms with Crippen molar-refractivity contribution >= 4 is 0 Å². The molecule has 0 aromatic carbocycles. The topological polar surface area (TPSA) is 18.5 Å². The van der Waals surface area contributed by atoms with Crippen LogP contribution in [-0.2, 0) is 0 Å². The van der Waals surface area contributed by atoms with Crippen molar-refractivity contribution in [3.8, 4) is 0 Å². The van der Waals surface area contributed by atoms with Crippen LogP contribution < -0.4 is 5.32 Å². The maximum atomic E-state index is 3.91. The van der Waals surface area contributed by atoms with Crippen LogP contribution in [0.5, 0.6) is 0 Å². The summed E-state index contributed by atoms with van der Waals surface area (Å²) in [5.41, 5.74) is 0.470. The maximum Gasteiger partial charge on any atom is 0.0309 e. The van der Waals surface area contributed by atoms with E-state index in [-0.39, 0.29) is 0 Å². The Bertz CT molecular complexity index is 316. The van der Waals surface area contributed by atoms with Crippen LogP contribution in [0.4, 0.5) is 0 Å². The second-order valence-corrected chi connectivity index (χ2v) is 8.08. The molecular weight excluding hydrogens is 258 g/mol. The molecule has 2 heterocycles. The molecule has 21 heavy (non-hydrogen) atoms. The van der Waals surface area contributed by atoms with Crippen molar-refractivity contribution < 1.29 is 0 Å². The van der Waals surface area contributed by atoms with Crippen LogP contribution in [0.3, 0.4) is 0 Å². The Balaban J connectivity index is 1.49. The molecule has 1 unspecified atom stereocenters. The molecule has 3 heteroatoms. The van der Waals surface area contributed by atoms with Crippen molar-refractivity contribution in [1.29, 1.82) is 0 Å². The Labute approximate surface area is 131 Å². The molecule has 0 aromatic rings. The van der Waals surface area contributed by atoms with Crippen LogP contribution in [0.25, 0.3) is 0 Å². The summed E-state index contributed by atoms with van der Waals surface area (Å²) in [6, 6.07) is 0.726. The van der Waals surface area contributed by atoms with Crippen LogP contribution in [-0.4, -0.2) is 61.2 Å².